The minimum absolute atomic E-state index is 0.0220. The molecule has 2 aromatic heterocycles. The number of hydrogen-bond donors (Lipinski definition) is 2. The molecule has 9 nitrogen and oxygen atoms in total. The van der Waals surface area contributed by atoms with Crippen LogP contribution in [0.3, 0.4) is 0 Å². The molecule has 0 saturated carbocycles. The molecule has 28 heavy (non-hydrogen) atoms. The van der Waals surface area contributed by atoms with Crippen LogP contribution in [0.5, 0.6) is 0 Å². The number of rotatable bonds is 6. The molecular weight excluding hydrogens is 378 g/mol. The Morgan fingerprint density at radius 1 is 1.07 bits per heavy atom. The fourth-order valence-corrected chi connectivity index (χ4v) is 4.11. The molecule has 0 radical (unpaired) electrons. The van der Waals surface area contributed by atoms with Crippen molar-refractivity contribution in [2.24, 2.45) is 7.05 Å². The van der Waals surface area contributed by atoms with Gasteiger partial charge >= 0.3 is 0 Å². The highest BCUT2D eigenvalue weighted by Crippen LogP contribution is 2.24. The smallest absolute Gasteiger partial charge is 0.280 e. The van der Waals surface area contributed by atoms with Crippen molar-refractivity contribution in [3.05, 3.63) is 49.1 Å². The third-order valence-corrected chi connectivity index (χ3v) is 5.74. The molecule has 4 rings (SSSR count). The lowest BCUT2D eigenvalue weighted by Gasteiger charge is -2.17. The lowest BCUT2D eigenvalue weighted by Crippen LogP contribution is -2.18. The first-order chi connectivity index (χ1) is 13.5. The van der Waals surface area contributed by atoms with Crippen molar-refractivity contribution in [3.8, 4) is 0 Å². The van der Waals surface area contributed by atoms with E-state index in [1.165, 1.54) is 25.4 Å². The van der Waals surface area contributed by atoms with Gasteiger partial charge in [-0.25, -0.2) is 4.98 Å². The summed E-state index contributed by atoms with van der Waals surface area (Å²) in [5.41, 5.74) is 2.29. The number of anilines is 4. The van der Waals surface area contributed by atoms with Crippen LogP contribution in [0.25, 0.3) is 0 Å². The van der Waals surface area contributed by atoms with E-state index in [0.29, 0.717) is 11.5 Å². The summed E-state index contributed by atoms with van der Waals surface area (Å²) in [7, 11) is -1.99. The topological polar surface area (TPSA) is 105 Å². The van der Waals surface area contributed by atoms with Gasteiger partial charge in [0.05, 0.1) is 18.2 Å². The van der Waals surface area contributed by atoms with E-state index >= 15 is 0 Å². The van der Waals surface area contributed by atoms with Crippen LogP contribution in [0.15, 0.2) is 54.1 Å². The van der Waals surface area contributed by atoms with Gasteiger partial charge < -0.3 is 14.8 Å². The maximum absolute atomic E-state index is 12.3. The van der Waals surface area contributed by atoms with E-state index < -0.39 is 10.0 Å². The molecule has 1 aliphatic rings. The predicted molar refractivity (Wildman–Crippen MR) is 107 cm³/mol. The average molecular weight is 399 g/mol. The Labute approximate surface area is 163 Å². The second-order valence-corrected chi connectivity index (χ2v) is 8.31. The fourth-order valence-electron chi connectivity index (χ4n) is 3.07. The quantitative estimate of drug-likeness (QED) is 0.655. The van der Waals surface area contributed by atoms with Gasteiger partial charge in [-0.05, 0) is 37.1 Å². The molecule has 3 aromatic rings. The molecule has 0 spiro atoms. The Balaban J connectivity index is 1.44. The zero-order chi connectivity index (χ0) is 19.6. The van der Waals surface area contributed by atoms with E-state index in [-0.39, 0.29) is 5.03 Å². The third-order valence-electron chi connectivity index (χ3n) is 4.48. The van der Waals surface area contributed by atoms with Gasteiger partial charge in [0.1, 0.15) is 0 Å². The summed E-state index contributed by atoms with van der Waals surface area (Å²) >= 11 is 0. The number of sulfonamides is 1. The molecule has 0 aliphatic carbocycles. The third kappa shape index (κ3) is 4.06. The van der Waals surface area contributed by atoms with Crippen molar-refractivity contribution < 1.29 is 8.42 Å². The van der Waals surface area contributed by atoms with E-state index in [9.17, 15) is 8.42 Å². The van der Waals surface area contributed by atoms with Crippen molar-refractivity contribution in [1.29, 1.82) is 0 Å². The molecule has 0 bridgehead atoms. The summed E-state index contributed by atoms with van der Waals surface area (Å²) in [5.74, 6) is 0.645. The molecular formula is C18H21N7O2S. The van der Waals surface area contributed by atoms with Gasteiger partial charge in [0.2, 0.25) is 0 Å². The molecule has 3 heterocycles. The van der Waals surface area contributed by atoms with E-state index in [0.717, 1.165) is 24.5 Å². The van der Waals surface area contributed by atoms with Gasteiger partial charge in [-0.2, -0.15) is 13.5 Å². The number of imidazole rings is 1. The molecule has 1 fully saturated rings. The molecule has 0 atom stereocenters. The number of aryl methyl sites for hydroxylation is 1. The summed E-state index contributed by atoms with van der Waals surface area (Å²) < 4.78 is 28.8. The lowest BCUT2D eigenvalue weighted by atomic mass is 10.3. The monoisotopic (exact) mass is 399 g/mol. The van der Waals surface area contributed by atoms with Crippen molar-refractivity contribution in [2.45, 2.75) is 17.9 Å². The molecule has 0 unspecified atom stereocenters. The summed E-state index contributed by atoms with van der Waals surface area (Å²) in [6, 6.07) is 8.89. The van der Waals surface area contributed by atoms with Crippen LogP contribution in [0.4, 0.5) is 22.9 Å². The number of benzene rings is 1. The van der Waals surface area contributed by atoms with E-state index in [1.807, 2.05) is 6.07 Å². The van der Waals surface area contributed by atoms with Gasteiger partial charge in [0, 0.05) is 43.8 Å². The highest BCUT2D eigenvalue weighted by molar-refractivity contribution is 7.92. The Morgan fingerprint density at radius 3 is 2.46 bits per heavy atom. The first-order valence-electron chi connectivity index (χ1n) is 8.95. The van der Waals surface area contributed by atoms with Crippen LogP contribution >= 0.6 is 0 Å². The van der Waals surface area contributed by atoms with Gasteiger partial charge in [-0.3, -0.25) is 4.72 Å². The van der Waals surface area contributed by atoms with Crippen LogP contribution < -0.4 is 14.9 Å². The van der Waals surface area contributed by atoms with Gasteiger partial charge in [-0.1, -0.05) is 0 Å². The minimum atomic E-state index is -3.71. The normalized spacial score (nSPS) is 14.2. The van der Waals surface area contributed by atoms with E-state index in [4.69, 9.17) is 0 Å². The molecule has 1 aliphatic heterocycles. The summed E-state index contributed by atoms with van der Waals surface area (Å²) in [6.45, 7) is 2.08. The van der Waals surface area contributed by atoms with Crippen LogP contribution in [-0.2, 0) is 17.1 Å². The first kappa shape index (κ1) is 18.2. The zero-order valence-electron chi connectivity index (χ0n) is 15.4. The number of nitrogens with one attached hydrogen (secondary N) is 2. The molecule has 2 N–H and O–H groups in total. The van der Waals surface area contributed by atoms with Crippen molar-refractivity contribution >= 4 is 32.9 Å². The van der Waals surface area contributed by atoms with Crippen molar-refractivity contribution in [2.75, 3.05) is 28.0 Å². The Bertz CT molecular complexity index is 1060. The van der Waals surface area contributed by atoms with Gasteiger partial charge in [-0.15, -0.1) is 5.10 Å². The van der Waals surface area contributed by atoms with Crippen LogP contribution in [-0.4, -0.2) is 41.3 Å². The SMILES string of the molecule is Cn1cnc(S(=O)(=O)Nc2ccc(Nc3cc(N4CCCC4)cnn3)cc2)c1. The van der Waals surface area contributed by atoms with Crippen LogP contribution in [0, 0.1) is 0 Å². The molecule has 0 amide bonds. The number of hydrogen-bond acceptors (Lipinski definition) is 7. The number of nitrogens with zero attached hydrogens (tertiary/aromatic N) is 5. The zero-order valence-corrected chi connectivity index (χ0v) is 16.2. The predicted octanol–water partition coefficient (Wildman–Crippen LogP) is 2.35. The standard InChI is InChI=1S/C18H21N7O2S/c1-24-12-18(19-13-24)28(26,27)23-15-6-4-14(5-7-15)21-17-10-16(11-20-22-17)25-8-2-3-9-25/h4-7,10-13,23H,2-3,8-9H2,1H3,(H,21,22). The summed E-state index contributed by atoms with van der Waals surface area (Å²) in [5, 5.41) is 11.4. The second kappa shape index (κ2) is 7.47. The second-order valence-electron chi connectivity index (χ2n) is 6.68. The van der Waals surface area contributed by atoms with Crippen LogP contribution in [0.1, 0.15) is 12.8 Å². The van der Waals surface area contributed by atoms with E-state index in [2.05, 4.69) is 30.1 Å². The Hall–Kier alpha value is -3.14. The first-order valence-corrected chi connectivity index (χ1v) is 10.4. The molecule has 10 heteroatoms. The molecule has 1 aromatic carbocycles. The van der Waals surface area contributed by atoms with E-state index in [1.54, 1.807) is 42.1 Å². The largest absolute Gasteiger partial charge is 0.370 e. The van der Waals surface area contributed by atoms with Crippen molar-refractivity contribution in [1.82, 2.24) is 19.7 Å². The molecule has 1 saturated heterocycles. The minimum Gasteiger partial charge on any atom is -0.370 e. The highest BCUT2D eigenvalue weighted by atomic mass is 32.2. The highest BCUT2D eigenvalue weighted by Gasteiger charge is 2.17. The summed E-state index contributed by atoms with van der Waals surface area (Å²) in [6.07, 6.45) is 7.05. The van der Waals surface area contributed by atoms with Gasteiger partial charge in [0.25, 0.3) is 10.0 Å². The molecule has 146 valence electrons. The van der Waals surface area contributed by atoms with Crippen LogP contribution in [0.2, 0.25) is 0 Å². The number of aromatic nitrogens is 4. The average Bonchev–Trinajstić information content (AvgIpc) is 3.35. The maximum atomic E-state index is 12.3. The Morgan fingerprint density at radius 2 is 1.79 bits per heavy atom. The fraction of sp³-hybridized carbons (Fsp3) is 0.278. The summed E-state index contributed by atoms with van der Waals surface area (Å²) in [4.78, 5) is 6.17. The van der Waals surface area contributed by atoms with Crippen molar-refractivity contribution in [3.63, 3.8) is 0 Å². The lowest BCUT2D eigenvalue weighted by molar-refractivity contribution is 0.598. The van der Waals surface area contributed by atoms with Gasteiger partial charge in [0.15, 0.2) is 10.8 Å². The maximum Gasteiger partial charge on any atom is 0.280 e. The Kier molecular flexibility index (Phi) is 4.86.